The van der Waals surface area contributed by atoms with E-state index in [2.05, 4.69) is 5.32 Å². The molecule has 0 radical (unpaired) electrons. The van der Waals surface area contributed by atoms with Crippen LogP contribution >= 0.6 is 11.6 Å². The van der Waals surface area contributed by atoms with Crippen LogP contribution in [-0.2, 0) is 6.54 Å². The van der Waals surface area contributed by atoms with E-state index >= 15 is 0 Å². The van der Waals surface area contributed by atoms with Gasteiger partial charge in [-0.15, -0.1) is 0 Å². The highest BCUT2D eigenvalue weighted by Gasteiger charge is 2.07. The van der Waals surface area contributed by atoms with Crippen LogP contribution in [0.5, 0.6) is 0 Å². The minimum absolute atomic E-state index is 0.0533. The summed E-state index contributed by atoms with van der Waals surface area (Å²) in [4.78, 5) is 13.3. The molecule has 0 fully saturated rings. The van der Waals surface area contributed by atoms with Gasteiger partial charge in [0, 0.05) is 42.5 Å². The summed E-state index contributed by atoms with van der Waals surface area (Å²) >= 11 is 5.85. The smallest absolute Gasteiger partial charge is 0.253 e. The fourth-order valence-electron chi connectivity index (χ4n) is 1.86. The molecule has 0 bridgehead atoms. The van der Waals surface area contributed by atoms with Crippen molar-refractivity contribution in [2.75, 3.05) is 19.4 Å². The van der Waals surface area contributed by atoms with Crippen LogP contribution in [0, 0.1) is 5.82 Å². The summed E-state index contributed by atoms with van der Waals surface area (Å²) < 4.78 is 13.6. The third-order valence-corrected chi connectivity index (χ3v) is 3.26. The van der Waals surface area contributed by atoms with Crippen molar-refractivity contribution in [3.63, 3.8) is 0 Å². The summed E-state index contributed by atoms with van der Waals surface area (Å²) in [5.74, 6) is -0.353. The average molecular weight is 307 g/mol. The SMILES string of the molecule is CN(C)C(=O)c1ccc(NCc2cc(Cl)ccc2F)cc1. The molecule has 0 unspecified atom stereocenters. The zero-order valence-corrected chi connectivity index (χ0v) is 12.6. The van der Waals surface area contributed by atoms with Crippen LogP contribution < -0.4 is 5.32 Å². The molecule has 2 aromatic carbocycles. The lowest BCUT2D eigenvalue weighted by Crippen LogP contribution is -2.21. The lowest BCUT2D eigenvalue weighted by molar-refractivity contribution is 0.0827. The molecule has 5 heteroatoms. The molecule has 2 aromatic rings. The van der Waals surface area contributed by atoms with Crippen LogP contribution in [0.4, 0.5) is 10.1 Å². The van der Waals surface area contributed by atoms with Gasteiger partial charge in [-0.1, -0.05) is 11.6 Å². The van der Waals surface area contributed by atoms with Crippen molar-refractivity contribution in [1.82, 2.24) is 4.90 Å². The molecule has 1 N–H and O–H groups in total. The monoisotopic (exact) mass is 306 g/mol. The lowest BCUT2D eigenvalue weighted by Gasteiger charge is -2.11. The number of nitrogens with one attached hydrogen (secondary N) is 1. The second-order valence-electron chi connectivity index (χ2n) is 4.87. The zero-order valence-electron chi connectivity index (χ0n) is 11.9. The third-order valence-electron chi connectivity index (χ3n) is 3.03. The average Bonchev–Trinajstić information content (AvgIpc) is 2.48. The zero-order chi connectivity index (χ0) is 15.4. The van der Waals surface area contributed by atoms with Crippen LogP contribution in [-0.4, -0.2) is 24.9 Å². The van der Waals surface area contributed by atoms with Crippen molar-refractivity contribution < 1.29 is 9.18 Å². The fourth-order valence-corrected chi connectivity index (χ4v) is 2.06. The van der Waals surface area contributed by atoms with Gasteiger partial charge in [0.05, 0.1) is 0 Å². The first-order valence-corrected chi connectivity index (χ1v) is 6.84. The summed E-state index contributed by atoms with van der Waals surface area (Å²) in [6.45, 7) is 0.327. The number of hydrogen-bond acceptors (Lipinski definition) is 2. The second-order valence-corrected chi connectivity index (χ2v) is 5.30. The van der Waals surface area contributed by atoms with Crippen molar-refractivity contribution in [2.24, 2.45) is 0 Å². The van der Waals surface area contributed by atoms with E-state index in [9.17, 15) is 9.18 Å². The number of nitrogens with zero attached hydrogens (tertiary/aromatic N) is 1. The molecule has 0 saturated heterocycles. The Kier molecular flexibility index (Phi) is 4.81. The Labute approximate surface area is 128 Å². The van der Waals surface area contributed by atoms with E-state index in [-0.39, 0.29) is 11.7 Å². The first kappa shape index (κ1) is 15.3. The number of rotatable bonds is 4. The van der Waals surface area contributed by atoms with Crippen molar-refractivity contribution in [2.45, 2.75) is 6.54 Å². The number of anilines is 1. The highest BCUT2D eigenvalue weighted by Crippen LogP contribution is 2.17. The van der Waals surface area contributed by atoms with E-state index in [4.69, 9.17) is 11.6 Å². The number of hydrogen-bond donors (Lipinski definition) is 1. The van der Waals surface area contributed by atoms with Crippen molar-refractivity contribution >= 4 is 23.2 Å². The Morgan fingerprint density at radius 3 is 2.48 bits per heavy atom. The topological polar surface area (TPSA) is 32.3 Å². The maximum Gasteiger partial charge on any atom is 0.253 e. The molecular weight excluding hydrogens is 291 g/mol. The molecule has 0 aliphatic rings. The molecular formula is C16H16ClFN2O. The van der Waals surface area contributed by atoms with Crippen molar-refractivity contribution in [1.29, 1.82) is 0 Å². The molecule has 0 saturated carbocycles. The van der Waals surface area contributed by atoms with Crippen molar-refractivity contribution in [3.05, 3.63) is 64.4 Å². The van der Waals surface area contributed by atoms with Gasteiger partial charge in [0.1, 0.15) is 5.82 Å². The molecule has 0 aliphatic carbocycles. The minimum atomic E-state index is -0.300. The highest BCUT2D eigenvalue weighted by atomic mass is 35.5. The molecule has 110 valence electrons. The van der Waals surface area contributed by atoms with E-state index in [1.807, 2.05) is 0 Å². The van der Waals surface area contributed by atoms with Crippen molar-refractivity contribution in [3.8, 4) is 0 Å². The van der Waals surface area contributed by atoms with E-state index in [0.29, 0.717) is 22.7 Å². The second kappa shape index (κ2) is 6.59. The fraction of sp³-hybridized carbons (Fsp3) is 0.188. The van der Waals surface area contributed by atoms with Crippen LogP contribution in [0.2, 0.25) is 5.02 Å². The summed E-state index contributed by atoms with van der Waals surface area (Å²) in [7, 11) is 3.41. The summed E-state index contributed by atoms with van der Waals surface area (Å²) in [5.41, 5.74) is 1.92. The van der Waals surface area contributed by atoms with Crippen LogP contribution in [0.25, 0.3) is 0 Å². The molecule has 3 nitrogen and oxygen atoms in total. The molecule has 21 heavy (non-hydrogen) atoms. The number of halogens is 2. The normalized spacial score (nSPS) is 10.3. The van der Waals surface area contributed by atoms with Crippen LogP contribution in [0.3, 0.4) is 0 Å². The molecule has 0 aromatic heterocycles. The van der Waals surface area contributed by atoms with Gasteiger partial charge in [0.25, 0.3) is 5.91 Å². The predicted molar refractivity (Wildman–Crippen MR) is 83.2 cm³/mol. The van der Waals surface area contributed by atoms with Gasteiger partial charge in [-0.2, -0.15) is 0 Å². The largest absolute Gasteiger partial charge is 0.381 e. The van der Waals surface area contributed by atoms with Gasteiger partial charge in [-0.25, -0.2) is 4.39 Å². The first-order valence-electron chi connectivity index (χ1n) is 6.47. The summed E-state index contributed by atoms with van der Waals surface area (Å²) in [6, 6.07) is 11.5. The highest BCUT2D eigenvalue weighted by molar-refractivity contribution is 6.30. The number of benzene rings is 2. The van der Waals surface area contributed by atoms with E-state index in [1.165, 1.54) is 17.0 Å². The molecule has 2 rings (SSSR count). The number of carbonyl (C=O) groups is 1. The lowest BCUT2D eigenvalue weighted by atomic mass is 10.1. The predicted octanol–water partition coefficient (Wildman–Crippen LogP) is 3.79. The van der Waals surface area contributed by atoms with E-state index < -0.39 is 0 Å². The molecule has 0 atom stereocenters. The summed E-state index contributed by atoms with van der Waals surface area (Å²) in [5, 5.41) is 3.60. The van der Waals surface area contributed by atoms with Gasteiger partial charge in [0.2, 0.25) is 0 Å². The maximum absolute atomic E-state index is 13.6. The molecule has 0 spiro atoms. The Bertz CT molecular complexity index is 641. The van der Waals surface area contributed by atoms with Gasteiger partial charge in [0.15, 0.2) is 0 Å². The molecule has 0 aliphatic heterocycles. The molecule has 1 amide bonds. The van der Waals surface area contributed by atoms with Gasteiger partial charge >= 0.3 is 0 Å². The standard InChI is InChI=1S/C16H16ClFN2O/c1-20(2)16(21)11-3-6-14(7-4-11)19-10-12-9-13(17)5-8-15(12)18/h3-9,19H,10H2,1-2H3. The Morgan fingerprint density at radius 1 is 1.19 bits per heavy atom. The Morgan fingerprint density at radius 2 is 1.86 bits per heavy atom. The minimum Gasteiger partial charge on any atom is -0.381 e. The van der Waals surface area contributed by atoms with Gasteiger partial charge < -0.3 is 10.2 Å². The van der Waals surface area contributed by atoms with Gasteiger partial charge in [-0.3, -0.25) is 4.79 Å². The third kappa shape index (κ3) is 3.95. The summed E-state index contributed by atoms with van der Waals surface area (Å²) in [6.07, 6.45) is 0. The van der Waals surface area contributed by atoms with Crippen LogP contribution in [0.1, 0.15) is 15.9 Å². The van der Waals surface area contributed by atoms with Gasteiger partial charge in [-0.05, 0) is 42.5 Å². The number of carbonyl (C=O) groups excluding carboxylic acids is 1. The van der Waals surface area contributed by atoms with E-state index in [1.54, 1.807) is 44.4 Å². The first-order chi connectivity index (χ1) is 9.97. The Hall–Kier alpha value is -2.07. The number of amides is 1. The maximum atomic E-state index is 13.6. The van der Waals surface area contributed by atoms with E-state index in [0.717, 1.165) is 5.69 Å². The Balaban J connectivity index is 2.04. The van der Waals surface area contributed by atoms with Crippen LogP contribution in [0.15, 0.2) is 42.5 Å². The molecule has 0 heterocycles. The quantitative estimate of drug-likeness (QED) is 0.932.